The van der Waals surface area contributed by atoms with Crippen molar-refractivity contribution in [1.29, 1.82) is 0 Å². The lowest BCUT2D eigenvalue weighted by Gasteiger charge is -2.23. The minimum Gasteiger partial charge on any atom is -0.507 e. The van der Waals surface area contributed by atoms with Crippen molar-refractivity contribution in [1.82, 2.24) is 10.2 Å². The van der Waals surface area contributed by atoms with E-state index >= 15 is 0 Å². The average molecular weight is 684 g/mol. The second-order valence-corrected chi connectivity index (χ2v) is 13.0. The predicted octanol–water partition coefficient (Wildman–Crippen LogP) is 7.59. The number of phenolic OH excluding ortho intramolecular Hbond substituents is 1. The molecule has 4 aromatic carbocycles. The summed E-state index contributed by atoms with van der Waals surface area (Å²) in [7, 11) is 0. The maximum atomic E-state index is 13.7. The molecule has 1 unspecified atom stereocenters. The van der Waals surface area contributed by atoms with Crippen LogP contribution < -0.4 is 14.4 Å². The van der Waals surface area contributed by atoms with E-state index in [0.29, 0.717) is 33.6 Å². The molecule has 1 aliphatic rings. The number of hydrogen-bond acceptors (Lipinski definition) is 10. The van der Waals surface area contributed by atoms with Crippen LogP contribution >= 0.6 is 23.1 Å². The van der Waals surface area contributed by atoms with Crippen LogP contribution in [0.3, 0.4) is 0 Å². The highest BCUT2D eigenvalue weighted by Crippen LogP contribution is 2.45. The Hall–Kier alpha value is -5.20. The number of benzene rings is 4. The molecule has 0 saturated carbocycles. The number of Topliss-reactive ketones (excluding diaryl/α,β-unsaturated/α-hetero) is 1. The Labute approximate surface area is 284 Å². The van der Waals surface area contributed by atoms with Crippen molar-refractivity contribution in [2.75, 3.05) is 11.5 Å². The van der Waals surface area contributed by atoms with Crippen LogP contribution in [-0.4, -0.2) is 38.7 Å². The van der Waals surface area contributed by atoms with Crippen LogP contribution in [0.5, 0.6) is 17.2 Å². The SMILES string of the molecule is CCOc1cc(C2C(=C(O)c3ccc(OCc4ccccc4C)cc3)C(=O)C(=O)N2c2nnc(SCc3ccc(F)cc3)s2)ccc1O. The van der Waals surface area contributed by atoms with Gasteiger partial charge >= 0.3 is 5.91 Å². The lowest BCUT2D eigenvalue weighted by molar-refractivity contribution is -0.132. The van der Waals surface area contributed by atoms with Crippen molar-refractivity contribution < 1.29 is 33.7 Å². The third kappa shape index (κ3) is 6.90. The fourth-order valence-corrected chi connectivity index (χ4v) is 7.02. The highest BCUT2D eigenvalue weighted by atomic mass is 32.2. The van der Waals surface area contributed by atoms with Gasteiger partial charge in [-0.3, -0.25) is 14.5 Å². The zero-order valence-electron chi connectivity index (χ0n) is 25.9. The second-order valence-electron chi connectivity index (χ2n) is 10.8. The number of aryl methyl sites for hydroxylation is 1. The van der Waals surface area contributed by atoms with Gasteiger partial charge in [0, 0.05) is 11.3 Å². The van der Waals surface area contributed by atoms with Gasteiger partial charge in [-0.1, -0.05) is 65.6 Å². The molecule has 12 heteroatoms. The Morgan fingerprint density at radius 2 is 1.73 bits per heavy atom. The lowest BCUT2D eigenvalue weighted by atomic mass is 9.95. The molecule has 2 N–H and O–H groups in total. The van der Waals surface area contributed by atoms with E-state index in [1.54, 1.807) is 49.4 Å². The van der Waals surface area contributed by atoms with E-state index in [1.807, 2.05) is 31.2 Å². The Morgan fingerprint density at radius 3 is 2.46 bits per heavy atom. The Bertz CT molecular complexity index is 2000. The molecule has 1 aromatic heterocycles. The number of rotatable bonds is 11. The number of aromatic hydroxyl groups is 1. The van der Waals surface area contributed by atoms with Crippen LogP contribution in [0.25, 0.3) is 5.76 Å². The van der Waals surface area contributed by atoms with Gasteiger partial charge < -0.3 is 19.7 Å². The van der Waals surface area contributed by atoms with Crippen molar-refractivity contribution in [3.63, 3.8) is 0 Å². The molecular formula is C36H30FN3O6S2. The molecule has 1 aliphatic heterocycles. The van der Waals surface area contributed by atoms with Gasteiger partial charge in [-0.25, -0.2) is 4.39 Å². The molecule has 6 rings (SSSR count). The summed E-state index contributed by atoms with van der Waals surface area (Å²) >= 11 is 2.46. The summed E-state index contributed by atoms with van der Waals surface area (Å²) in [5, 5.41) is 30.6. The summed E-state index contributed by atoms with van der Waals surface area (Å²) in [6.07, 6.45) is 0. The van der Waals surface area contributed by atoms with Gasteiger partial charge in [-0.05, 0) is 84.6 Å². The first-order valence-corrected chi connectivity index (χ1v) is 16.8. The predicted molar refractivity (Wildman–Crippen MR) is 182 cm³/mol. The van der Waals surface area contributed by atoms with Gasteiger partial charge in [0.25, 0.3) is 5.78 Å². The summed E-state index contributed by atoms with van der Waals surface area (Å²) in [5.74, 6) is -1.42. The molecule has 5 aromatic rings. The molecule has 244 valence electrons. The first-order chi connectivity index (χ1) is 23.2. The van der Waals surface area contributed by atoms with Crippen molar-refractivity contribution in [3.05, 3.63) is 130 Å². The quantitative estimate of drug-likeness (QED) is 0.0477. The third-order valence-corrected chi connectivity index (χ3v) is 9.83. The molecule has 1 amide bonds. The fourth-order valence-electron chi connectivity index (χ4n) is 5.20. The maximum Gasteiger partial charge on any atom is 0.301 e. The van der Waals surface area contributed by atoms with Gasteiger partial charge in [0.05, 0.1) is 18.2 Å². The number of carbonyl (C=O) groups is 2. The van der Waals surface area contributed by atoms with Crippen LogP contribution in [0.4, 0.5) is 9.52 Å². The number of thioether (sulfide) groups is 1. The number of ether oxygens (including phenoxy) is 2. The largest absolute Gasteiger partial charge is 0.507 e. The van der Waals surface area contributed by atoms with E-state index in [-0.39, 0.29) is 40.4 Å². The van der Waals surface area contributed by atoms with Crippen LogP contribution in [0.15, 0.2) is 101 Å². The second kappa shape index (κ2) is 14.3. The Morgan fingerprint density at radius 1 is 0.979 bits per heavy atom. The van der Waals surface area contributed by atoms with Crippen molar-refractivity contribution in [2.45, 2.75) is 36.6 Å². The number of aromatic nitrogens is 2. The number of phenols is 1. The standard InChI is InChI=1S/C36H30FN3O6S2/c1-3-45-29-18-24(12-17-28(29)41)31-30(32(42)23-10-15-27(16-11-23)46-19-25-7-5-4-6-21(25)2)33(43)34(44)40(31)35-38-39-36(48-35)47-20-22-8-13-26(37)14-9-22/h4-18,31,41-42H,3,19-20H2,1-2H3. The third-order valence-electron chi connectivity index (χ3n) is 7.70. The van der Waals surface area contributed by atoms with E-state index < -0.39 is 17.7 Å². The van der Waals surface area contributed by atoms with Crippen molar-refractivity contribution in [3.8, 4) is 17.2 Å². The normalized spacial score (nSPS) is 15.6. The minimum absolute atomic E-state index is 0.116. The van der Waals surface area contributed by atoms with Crippen molar-refractivity contribution in [2.24, 2.45) is 0 Å². The van der Waals surface area contributed by atoms with Gasteiger partial charge in [-0.15, -0.1) is 10.2 Å². The van der Waals surface area contributed by atoms with Gasteiger partial charge in [-0.2, -0.15) is 0 Å². The molecule has 9 nitrogen and oxygen atoms in total. The number of aliphatic hydroxyl groups is 1. The molecule has 0 radical (unpaired) electrons. The molecule has 0 aliphatic carbocycles. The number of aliphatic hydroxyl groups excluding tert-OH is 1. The number of hydrogen-bond donors (Lipinski definition) is 2. The summed E-state index contributed by atoms with van der Waals surface area (Å²) < 4.78 is 25.4. The molecule has 1 saturated heterocycles. The van der Waals surface area contributed by atoms with E-state index in [4.69, 9.17) is 9.47 Å². The van der Waals surface area contributed by atoms with E-state index in [2.05, 4.69) is 10.2 Å². The molecule has 1 atom stereocenters. The lowest BCUT2D eigenvalue weighted by Crippen LogP contribution is -2.29. The number of amides is 1. The Kier molecular flexibility index (Phi) is 9.74. The minimum atomic E-state index is -1.11. The molecular weight excluding hydrogens is 654 g/mol. The van der Waals surface area contributed by atoms with Gasteiger partial charge in [0.1, 0.15) is 23.9 Å². The van der Waals surface area contributed by atoms with E-state index in [9.17, 15) is 24.2 Å². The zero-order valence-corrected chi connectivity index (χ0v) is 27.6. The number of ketones is 1. The summed E-state index contributed by atoms with van der Waals surface area (Å²) in [6, 6.07) is 24.0. The molecule has 1 fully saturated rings. The number of carbonyl (C=O) groups excluding carboxylic acids is 2. The van der Waals surface area contributed by atoms with Crippen molar-refractivity contribution >= 4 is 45.7 Å². The molecule has 0 spiro atoms. The van der Waals surface area contributed by atoms with Crippen LogP contribution in [0.2, 0.25) is 0 Å². The number of anilines is 1. The number of halogens is 1. The summed E-state index contributed by atoms with van der Waals surface area (Å²) in [4.78, 5) is 28.5. The van der Waals surface area contributed by atoms with E-state index in [1.165, 1.54) is 40.9 Å². The highest BCUT2D eigenvalue weighted by molar-refractivity contribution is 8.00. The van der Waals surface area contributed by atoms with Crippen LogP contribution in [-0.2, 0) is 21.9 Å². The smallest absolute Gasteiger partial charge is 0.301 e. The monoisotopic (exact) mass is 683 g/mol. The fraction of sp³-hybridized carbons (Fsp3) is 0.167. The van der Waals surface area contributed by atoms with Gasteiger partial charge in [0.15, 0.2) is 15.8 Å². The van der Waals surface area contributed by atoms with Crippen LogP contribution in [0.1, 0.15) is 40.8 Å². The zero-order chi connectivity index (χ0) is 33.8. The van der Waals surface area contributed by atoms with Gasteiger partial charge in [0.2, 0.25) is 5.13 Å². The first-order valence-electron chi connectivity index (χ1n) is 15.0. The van der Waals surface area contributed by atoms with E-state index in [0.717, 1.165) is 28.0 Å². The molecule has 48 heavy (non-hydrogen) atoms. The molecule has 0 bridgehead atoms. The first kappa shape index (κ1) is 32.7. The average Bonchev–Trinajstić information content (AvgIpc) is 3.66. The maximum absolute atomic E-state index is 13.7. The van der Waals surface area contributed by atoms with Crippen LogP contribution in [0, 0.1) is 12.7 Å². The Balaban J connectivity index is 1.33. The molecule has 2 heterocycles. The topological polar surface area (TPSA) is 122 Å². The highest BCUT2D eigenvalue weighted by Gasteiger charge is 2.48. The summed E-state index contributed by atoms with van der Waals surface area (Å²) in [6.45, 7) is 4.39. The number of nitrogens with zero attached hydrogens (tertiary/aromatic N) is 3. The summed E-state index contributed by atoms with van der Waals surface area (Å²) in [5.41, 5.74) is 3.57.